The van der Waals surface area contributed by atoms with Gasteiger partial charge in [0.05, 0.1) is 0 Å². The van der Waals surface area contributed by atoms with Crippen molar-refractivity contribution in [3.8, 4) is 5.75 Å². The highest BCUT2D eigenvalue weighted by Crippen LogP contribution is 2.33. The number of likely N-dealkylation sites (N-methyl/N-ethyl adjacent to an activating group) is 1. The van der Waals surface area contributed by atoms with Crippen LogP contribution in [0.25, 0.3) is 0 Å². The molecule has 112 valence electrons. The second kappa shape index (κ2) is 6.62. The van der Waals surface area contributed by atoms with Gasteiger partial charge in [-0.05, 0) is 69.2 Å². The third kappa shape index (κ3) is 3.35. The highest BCUT2D eigenvalue weighted by molar-refractivity contribution is 5.38. The van der Waals surface area contributed by atoms with Crippen LogP contribution in [0.1, 0.15) is 44.2 Å². The average molecular weight is 275 g/mol. The molecule has 2 rings (SSSR count). The van der Waals surface area contributed by atoms with Crippen LogP contribution in [0, 0.1) is 25.7 Å². The maximum atomic E-state index is 6.39. The maximum absolute atomic E-state index is 6.39. The van der Waals surface area contributed by atoms with Gasteiger partial charge in [0.1, 0.15) is 11.9 Å². The molecule has 20 heavy (non-hydrogen) atoms. The highest BCUT2D eigenvalue weighted by atomic mass is 16.5. The van der Waals surface area contributed by atoms with Crippen molar-refractivity contribution < 1.29 is 4.74 Å². The third-order valence-electron chi connectivity index (χ3n) is 4.98. The Hall–Kier alpha value is -1.02. The second-order valence-corrected chi connectivity index (χ2v) is 6.57. The van der Waals surface area contributed by atoms with E-state index in [0.717, 1.165) is 24.0 Å². The van der Waals surface area contributed by atoms with Crippen LogP contribution < -0.4 is 10.1 Å². The molecule has 1 aromatic rings. The van der Waals surface area contributed by atoms with E-state index >= 15 is 0 Å². The zero-order valence-corrected chi connectivity index (χ0v) is 13.6. The van der Waals surface area contributed by atoms with Crippen LogP contribution >= 0.6 is 0 Å². The van der Waals surface area contributed by atoms with Crippen molar-refractivity contribution in [1.29, 1.82) is 0 Å². The first-order valence-corrected chi connectivity index (χ1v) is 7.93. The Morgan fingerprint density at radius 2 is 1.95 bits per heavy atom. The SMILES string of the molecule is CNC1CCC(C(C)C)CC1Oc1cccc(C)c1C. The molecule has 2 heteroatoms. The van der Waals surface area contributed by atoms with Gasteiger partial charge >= 0.3 is 0 Å². The summed E-state index contributed by atoms with van der Waals surface area (Å²) in [4.78, 5) is 0. The van der Waals surface area contributed by atoms with Crippen molar-refractivity contribution in [3.63, 3.8) is 0 Å². The Kier molecular flexibility index (Phi) is 5.09. The van der Waals surface area contributed by atoms with Gasteiger partial charge in [0, 0.05) is 6.04 Å². The van der Waals surface area contributed by atoms with Crippen LogP contribution in [-0.4, -0.2) is 19.2 Å². The smallest absolute Gasteiger partial charge is 0.122 e. The first-order valence-electron chi connectivity index (χ1n) is 7.93. The Morgan fingerprint density at radius 1 is 1.20 bits per heavy atom. The van der Waals surface area contributed by atoms with Crippen molar-refractivity contribution in [3.05, 3.63) is 29.3 Å². The first kappa shape index (κ1) is 15.4. The summed E-state index contributed by atoms with van der Waals surface area (Å²) < 4.78 is 6.39. The van der Waals surface area contributed by atoms with Gasteiger partial charge in [0.2, 0.25) is 0 Å². The molecule has 1 aliphatic carbocycles. The van der Waals surface area contributed by atoms with Gasteiger partial charge in [-0.15, -0.1) is 0 Å². The standard InChI is InChI=1S/C18H29NO/c1-12(2)15-9-10-16(19-5)18(11-15)20-17-8-6-7-13(3)14(17)4/h6-8,12,15-16,18-19H,9-11H2,1-5H3. The largest absolute Gasteiger partial charge is 0.489 e. The summed E-state index contributed by atoms with van der Waals surface area (Å²) in [5.74, 6) is 2.59. The zero-order valence-electron chi connectivity index (χ0n) is 13.6. The predicted octanol–water partition coefficient (Wildman–Crippen LogP) is 4.09. The van der Waals surface area contributed by atoms with E-state index in [4.69, 9.17) is 4.74 Å². The fraction of sp³-hybridized carbons (Fsp3) is 0.667. The summed E-state index contributed by atoms with van der Waals surface area (Å²) in [5.41, 5.74) is 2.58. The third-order valence-corrected chi connectivity index (χ3v) is 4.98. The average Bonchev–Trinajstić information content (AvgIpc) is 2.43. The monoisotopic (exact) mass is 275 g/mol. The van der Waals surface area contributed by atoms with E-state index in [1.165, 1.54) is 24.0 Å². The molecule has 0 aliphatic heterocycles. The van der Waals surface area contributed by atoms with Crippen LogP contribution in [0.2, 0.25) is 0 Å². The quantitative estimate of drug-likeness (QED) is 0.893. The molecule has 1 saturated carbocycles. The minimum Gasteiger partial charge on any atom is -0.489 e. The molecule has 0 radical (unpaired) electrons. The van der Waals surface area contributed by atoms with E-state index in [-0.39, 0.29) is 0 Å². The summed E-state index contributed by atoms with van der Waals surface area (Å²) in [5, 5.41) is 3.44. The fourth-order valence-electron chi connectivity index (χ4n) is 3.24. The summed E-state index contributed by atoms with van der Waals surface area (Å²) in [7, 11) is 2.06. The first-order chi connectivity index (χ1) is 9.52. The lowest BCUT2D eigenvalue weighted by Crippen LogP contribution is -2.46. The van der Waals surface area contributed by atoms with Gasteiger partial charge in [0.25, 0.3) is 0 Å². The van der Waals surface area contributed by atoms with Gasteiger partial charge in [-0.25, -0.2) is 0 Å². The van der Waals surface area contributed by atoms with Gasteiger partial charge in [-0.3, -0.25) is 0 Å². The van der Waals surface area contributed by atoms with E-state index in [1.807, 2.05) is 0 Å². The molecule has 2 nitrogen and oxygen atoms in total. The summed E-state index contributed by atoms with van der Waals surface area (Å²) in [6.45, 7) is 8.97. The summed E-state index contributed by atoms with van der Waals surface area (Å²) >= 11 is 0. The Labute approximate surface area is 123 Å². The van der Waals surface area contributed by atoms with Crippen molar-refractivity contribution in [1.82, 2.24) is 5.32 Å². The minimum atomic E-state index is 0.293. The Morgan fingerprint density at radius 3 is 2.60 bits per heavy atom. The Balaban J connectivity index is 2.13. The van der Waals surface area contributed by atoms with E-state index < -0.39 is 0 Å². The second-order valence-electron chi connectivity index (χ2n) is 6.57. The molecular formula is C18H29NO. The van der Waals surface area contributed by atoms with Crippen molar-refractivity contribution in [2.75, 3.05) is 7.05 Å². The summed E-state index contributed by atoms with van der Waals surface area (Å²) in [6.07, 6.45) is 3.99. The van der Waals surface area contributed by atoms with Gasteiger partial charge in [-0.1, -0.05) is 26.0 Å². The predicted molar refractivity (Wildman–Crippen MR) is 85.4 cm³/mol. The van der Waals surface area contributed by atoms with E-state index in [9.17, 15) is 0 Å². The van der Waals surface area contributed by atoms with Gasteiger partial charge < -0.3 is 10.1 Å². The molecule has 3 atom stereocenters. The molecule has 3 unspecified atom stereocenters. The highest BCUT2D eigenvalue weighted by Gasteiger charge is 2.32. The van der Waals surface area contributed by atoms with E-state index in [0.29, 0.717) is 12.1 Å². The number of rotatable bonds is 4. The number of benzene rings is 1. The zero-order chi connectivity index (χ0) is 14.7. The van der Waals surface area contributed by atoms with E-state index in [1.54, 1.807) is 0 Å². The molecule has 0 spiro atoms. The normalized spacial score (nSPS) is 26.8. The molecule has 1 aliphatic rings. The van der Waals surface area contributed by atoms with E-state index in [2.05, 4.69) is 58.3 Å². The molecule has 0 saturated heterocycles. The molecule has 1 fully saturated rings. The van der Waals surface area contributed by atoms with Crippen molar-refractivity contribution in [2.45, 2.75) is 59.1 Å². The van der Waals surface area contributed by atoms with Gasteiger partial charge in [-0.2, -0.15) is 0 Å². The molecule has 0 amide bonds. The number of aryl methyl sites for hydroxylation is 1. The molecule has 1 N–H and O–H groups in total. The minimum absolute atomic E-state index is 0.293. The van der Waals surface area contributed by atoms with Crippen LogP contribution in [-0.2, 0) is 0 Å². The molecule has 0 aromatic heterocycles. The lowest BCUT2D eigenvalue weighted by atomic mass is 9.78. The number of hydrogen-bond acceptors (Lipinski definition) is 2. The van der Waals surface area contributed by atoms with Crippen LogP contribution in [0.4, 0.5) is 0 Å². The fourth-order valence-corrected chi connectivity index (χ4v) is 3.24. The van der Waals surface area contributed by atoms with Crippen LogP contribution in [0.15, 0.2) is 18.2 Å². The molecule has 0 bridgehead atoms. The summed E-state index contributed by atoms with van der Waals surface area (Å²) in [6, 6.07) is 6.82. The van der Waals surface area contributed by atoms with Gasteiger partial charge in [0.15, 0.2) is 0 Å². The number of ether oxygens (including phenoxy) is 1. The molecular weight excluding hydrogens is 246 g/mol. The lowest BCUT2D eigenvalue weighted by molar-refractivity contribution is 0.0744. The maximum Gasteiger partial charge on any atom is 0.122 e. The topological polar surface area (TPSA) is 21.3 Å². The Bertz CT molecular complexity index is 441. The molecule has 1 aromatic carbocycles. The lowest BCUT2D eigenvalue weighted by Gasteiger charge is -2.38. The van der Waals surface area contributed by atoms with Crippen molar-refractivity contribution >= 4 is 0 Å². The number of hydrogen-bond donors (Lipinski definition) is 1. The molecule has 0 heterocycles. The van der Waals surface area contributed by atoms with Crippen LogP contribution in [0.5, 0.6) is 5.75 Å². The number of nitrogens with one attached hydrogen (secondary N) is 1. The van der Waals surface area contributed by atoms with Crippen molar-refractivity contribution in [2.24, 2.45) is 11.8 Å². The van der Waals surface area contributed by atoms with Crippen LogP contribution in [0.3, 0.4) is 0 Å².